The van der Waals surface area contributed by atoms with E-state index in [9.17, 15) is 24.1 Å². The van der Waals surface area contributed by atoms with Gasteiger partial charge in [0.15, 0.2) is 0 Å². The molecule has 1 aromatic carbocycles. The number of hydrogen-bond acceptors (Lipinski definition) is 6. The van der Waals surface area contributed by atoms with Crippen LogP contribution in [-0.4, -0.2) is 52.8 Å². The minimum atomic E-state index is -0.831. The van der Waals surface area contributed by atoms with Crippen molar-refractivity contribution in [2.45, 2.75) is 0 Å². The molecule has 0 bridgehead atoms. The molecule has 1 aliphatic heterocycles. The van der Waals surface area contributed by atoms with Crippen molar-refractivity contribution in [3.63, 3.8) is 0 Å². The van der Waals surface area contributed by atoms with Crippen LogP contribution in [0, 0.1) is 15.9 Å². The standard InChI is InChI=1S/C17H15ClFN5O4/c18-14-7-10(19)1-2-12(14)17(26)23-5-3-22(4-6-23)16-13(15(20)25)8-11(9-21-16)24(27)28/h1-2,7-9H,3-6H2,(H2,20,25). The molecule has 0 atom stereocenters. The van der Waals surface area contributed by atoms with Crippen LogP contribution in [0.5, 0.6) is 0 Å². The van der Waals surface area contributed by atoms with Crippen molar-refractivity contribution in [3.8, 4) is 0 Å². The summed E-state index contributed by atoms with van der Waals surface area (Å²) in [6, 6.07) is 4.65. The normalized spacial score (nSPS) is 14.1. The van der Waals surface area contributed by atoms with E-state index < -0.39 is 16.6 Å². The van der Waals surface area contributed by atoms with Crippen LogP contribution in [-0.2, 0) is 0 Å². The zero-order valence-corrected chi connectivity index (χ0v) is 15.2. The number of hydrogen-bond donors (Lipinski definition) is 1. The van der Waals surface area contributed by atoms with E-state index in [1.807, 2.05) is 0 Å². The van der Waals surface area contributed by atoms with Gasteiger partial charge in [0.1, 0.15) is 17.8 Å². The van der Waals surface area contributed by atoms with Crippen molar-refractivity contribution in [2.24, 2.45) is 5.73 Å². The summed E-state index contributed by atoms with van der Waals surface area (Å²) in [7, 11) is 0. The van der Waals surface area contributed by atoms with E-state index in [-0.39, 0.29) is 33.6 Å². The first-order valence-electron chi connectivity index (χ1n) is 8.21. The molecular weight excluding hydrogens is 393 g/mol. The van der Waals surface area contributed by atoms with Crippen molar-refractivity contribution in [2.75, 3.05) is 31.1 Å². The van der Waals surface area contributed by atoms with Crippen LogP contribution < -0.4 is 10.6 Å². The molecule has 0 unspecified atom stereocenters. The number of nitrogens with zero attached hydrogens (tertiary/aromatic N) is 4. The highest BCUT2D eigenvalue weighted by molar-refractivity contribution is 6.33. The van der Waals surface area contributed by atoms with Gasteiger partial charge in [-0.3, -0.25) is 19.7 Å². The quantitative estimate of drug-likeness (QED) is 0.609. The summed E-state index contributed by atoms with van der Waals surface area (Å²) in [6.45, 7) is 1.25. The van der Waals surface area contributed by atoms with Crippen LogP contribution in [0.4, 0.5) is 15.9 Å². The predicted octanol–water partition coefficient (Wildman–Crippen LogP) is 1.84. The number of nitro groups is 1. The summed E-state index contributed by atoms with van der Waals surface area (Å²) in [5.74, 6) is -1.47. The van der Waals surface area contributed by atoms with Crippen molar-refractivity contribution >= 4 is 34.9 Å². The highest BCUT2D eigenvalue weighted by Gasteiger charge is 2.27. The van der Waals surface area contributed by atoms with Crippen molar-refractivity contribution in [1.29, 1.82) is 0 Å². The highest BCUT2D eigenvalue weighted by Crippen LogP contribution is 2.25. The van der Waals surface area contributed by atoms with Crippen LogP contribution in [0.25, 0.3) is 0 Å². The Morgan fingerprint density at radius 2 is 1.86 bits per heavy atom. The topological polar surface area (TPSA) is 123 Å². The van der Waals surface area contributed by atoms with Gasteiger partial charge in [0, 0.05) is 32.2 Å². The predicted molar refractivity (Wildman–Crippen MR) is 98.9 cm³/mol. The molecule has 11 heteroatoms. The SMILES string of the molecule is NC(=O)c1cc([N+](=O)[O-])cnc1N1CCN(C(=O)c2ccc(F)cc2Cl)CC1. The maximum atomic E-state index is 13.2. The smallest absolute Gasteiger partial charge is 0.288 e. The van der Waals surface area contributed by atoms with E-state index in [1.54, 1.807) is 9.80 Å². The Morgan fingerprint density at radius 1 is 1.18 bits per heavy atom. The largest absolute Gasteiger partial charge is 0.365 e. The summed E-state index contributed by atoms with van der Waals surface area (Å²) in [4.78, 5) is 41.8. The Labute approximate surface area is 163 Å². The molecule has 0 spiro atoms. The third-order valence-electron chi connectivity index (χ3n) is 4.36. The number of aromatic nitrogens is 1. The van der Waals surface area contributed by atoms with Gasteiger partial charge in [-0.2, -0.15) is 0 Å². The van der Waals surface area contributed by atoms with Gasteiger partial charge in [0.05, 0.1) is 21.1 Å². The second-order valence-electron chi connectivity index (χ2n) is 6.09. The first-order chi connectivity index (χ1) is 13.3. The molecule has 2 amide bonds. The zero-order chi connectivity index (χ0) is 20.4. The van der Waals surface area contributed by atoms with Crippen molar-refractivity contribution in [1.82, 2.24) is 9.88 Å². The minimum Gasteiger partial charge on any atom is -0.365 e. The van der Waals surface area contributed by atoms with Gasteiger partial charge in [-0.15, -0.1) is 0 Å². The lowest BCUT2D eigenvalue weighted by Crippen LogP contribution is -2.49. The summed E-state index contributed by atoms with van der Waals surface area (Å²) >= 11 is 5.95. The van der Waals surface area contributed by atoms with Gasteiger partial charge >= 0.3 is 0 Å². The Balaban J connectivity index is 1.76. The summed E-state index contributed by atoms with van der Waals surface area (Å²) in [5.41, 5.74) is 5.13. The number of pyridine rings is 1. The van der Waals surface area contributed by atoms with E-state index in [0.29, 0.717) is 26.2 Å². The maximum absolute atomic E-state index is 13.2. The molecular formula is C17H15ClFN5O4. The Morgan fingerprint density at radius 3 is 2.43 bits per heavy atom. The summed E-state index contributed by atoms with van der Waals surface area (Å²) in [6.07, 6.45) is 1.05. The van der Waals surface area contributed by atoms with E-state index >= 15 is 0 Å². The third-order valence-corrected chi connectivity index (χ3v) is 4.67. The summed E-state index contributed by atoms with van der Waals surface area (Å²) < 4.78 is 13.2. The average Bonchev–Trinajstić information content (AvgIpc) is 2.67. The second kappa shape index (κ2) is 7.77. The number of primary amides is 1. The van der Waals surface area contributed by atoms with Gasteiger partial charge in [-0.05, 0) is 18.2 Å². The van der Waals surface area contributed by atoms with E-state index in [4.69, 9.17) is 17.3 Å². The molecule has 1 saturated heterocycles. The Kier molecular flexibility index (Phi) is 5.41. The molecule has 3 rings (SSSR count). The molecule has 2 aromatic rings. The lowest BCUT2D eigenvalue weighted by molar-refractivity contribution is -0.385. The van der Waals surface area contributed by atoms with Gasteiger partial charge in [0.25, 0.3) is 17.5 Å². The number of halogens is 2. The number of carbonyl (C=O) groups is 2. The van der Waals surface area contributed by atoms with Crippen LogP contribution in [0.3, 0.4) is 0 Å². The first-order valence-corrected chi connectivity index (χ1v) is 8.59. The van der Waals surface area contributed by atoms with Gasteiger partial charge in [-0.25, -0.2) is 9.37 Å². The number of rotatable bonds is 4. The van der Waals surface area contributed by atoms with Gasteiger partial charge in [0.2, 0.25) is 0 Å². The van der Waals surface area contributed by atoms with E-state index in [1.165, 1.54) is 6.07 Å². The van der Waals surface area contributed by atoms with Gasteiger partial charge in [-0.1, -0.05) is 11.6 Å². The highest BCUT2D eigenvalue weighted by atomic mass is 35.5. The fraction of sp³-hybridized carbons (Fsp3) is 0.235. The zero-order valence-electron chi connectivity index (χ0n) is 14.5. The number of nitrogens with two attached hydrogens (primary N) is 1. The molecule has 1 fully saturated rings. The monoisotopic (exact) mass is 407 g/mol. The number of anilines is 1. The number of amides is 2. The summed E-state index contributed by atoms with van der Waals surface area (Å²) in [5, 5.41) is 10.9. The fourth-order valence-electron chi connectivity index (χ4n) is 2.93. The second-order valence-corrected chi connectivity index (χ2v) is 6.50. The third kappa shape index (κ3) is 3.86. The molecule has 1 aromatic heterocycles. The lowest BCUT2D eigenvalue weighted by Gasteiger charge is -2.36. The van der Waals surface area contributed by atoms with E-state index in [2.05, 4.69) is 4.98 Å². The van der Waals surface area contributed by atoms with Crippen LogP contribution in [0.1, 0.15) is 20.7 Å². The molecule has 2 N–H and O–H groups in total. The van der Waals surface area contributed by atoms with Crippen LogP contribution in [0.2, 0.25) is 5.02 Å². The van der Waals surface area contributed by atoms with Crippen molar-refractivity contribution < 1.29 is 18.9 Å². The lowest BCUT2D eigenvalue weighted by atomic mass is 10.1. The van der Waals surface area contributed by atoms with E-state index in [0.717, 1.165) is 24.4 Å². The minimum absolute atomic E-state index is 0.0282. The molecule has 1 aliphatic rings. The molecule has 28 heavy (non-hydrogen) atoms. The molecule has 2 heterocycles. The number of piperazine rings is 1. The van der Waals surface area contributed by atoms with Crippen LogP contribution >= 0.6 is 11.6 Å². The number of benzene rings is 1. The fourth-order valence-corrected chi connectivity index (χ4v) is 3.18. The Hall–Kier alpha value is -3.27. The Bertz CT molecular complexity index is 963. The van der Waals surface area contributed by atoms with Crippen LogP contribution in [0.15, 0.2) is 30.5 Å². The molecule has 0 saturated carbocycles. The molecule has 146 valence electrons. The number of carbonyl (C=O) groups excluding carboxylic acids is 2. The van der Waals surface area contributed by atoms with Gasteiger partial charge < -0.3 is 15.5 Å². The maximum Gasteiger partial charge on any atom is 0.288 e. The molecule has 0 radical (unpaired) electrons. The molecule has 0 aliphatic carbocycles. The molecule has 9 nitrogen and oxygen atoms in total. The first kappa shape index (κ1) is 19.5. The van der Waals surface area contributed by atoms with Crippen molar-refractivity contribution in [3.05, 3.63) is 62.5 Å². The average molecular weight is 408 g/mol.